The zero-order valence-electron chi connectivity index (χ0n) is 18.7. The van der Waals surface area contributed by atoms with Crippen molar-refractivity contribution in [3.8, 4) is 22.6 Å². The largest absolute Gasteiger partial charge is 0.494 e. The van der Waals surface area contributed by atoms with Crippen LogP contribution in [0.3, 0.4) is 0 Å². The normalized spacial score (nSPS) is 10.4. The van der Waals surface area contributed by atoms with Crippen LogP contribution >= 0.6 is 0 Å². The van der Waals surface area contributed by atoms with E-state index in [2.05, 4.69) is 0 Å². The molecule has 0 aliphatic rings. The average Bonchev–Trinajstić information content (AvgIpc) is 2.83. The number of ether oxygens (including phenoxy) is 2. The van der Waals surface area contributed by atoms with Gasteiger partial charge in [-0.05, 0) is 48.2 Å². The molecule has 6 heteroatoms. The molecule has 2 aromatic carbocycles. The van der Waals surface area contributed by atoms with Gasteiger partial charge >= 0.3 is 0 Å². The fraction of sp³-hybridized carbons (Fsp3) is 0.385. The van der Waals surface area contributed by atoms with Crippen LogP contribution in [0.4, 0.5) is 0 Å². The summed E-state index contributed by atoms with van der Waals surface area (Å²) >= 11 is 0. The van der Waals surface area contributed by atoms with E-state index in [9.17, 15) is 19.2 Å². The summed E-state index contributed by atoms with van der Waals surface area (Å²) in [6, 6.07) is 15.3. The molecule has 0 saturated carbocycles. The van der Waals surface area contributed by atoms with E-state index in [0.29, 0.717) is 37.6 Å². The lowest BCUT2D eigenvalue weighted by molar-refractivity contribution is -0.136. The van der Waals surface area contributed by atoms with Gasteiger partial charge in [0.1, 0.15) is 11.5 Å². The zero-order chi connectivity index (χ0) is 23.3. The van der Waals surface area contributed by atoms with Gasteiger partial charge in [-0.3, -0.25) is 19.2 Å². The minimum absolute atomic E-state index is 0.215. The van der Waals surface area contributed by atoms with Gasteiger partial charge in [0.05, 0.1) is 13.2 Å². The van der Waals surface area contributed by atoms with Gasteiger partial charge in [-0.2, -0.15) is 0 Å². The van der Waals surface area contributed by atoms with Crippen molar-refractivity contribution in [1.29, 1.82) is 0 Å². The minimum Gasteiger partial charge on any atom is -0.494 e. The van der Waals surface area contributed by atoms with Crippen LogP contribution in [0.5, 0.6) is 11.5 Å². The Morgan fingerprint density at radius 3 is 1.22 bits per heavy atom. The third kappa shape index (κ3) is 8.10. The highest BCUT2D eigenvalue weighted by atomic mass is 16.5. The number of ketones is 4. The molecular weight excluding hydrogens is 408 g/mol. The smallest absolute Gasteiger partial charge is 0.198 e. The molecule has 0 fully saturated rings. The van der Waals surface area contributed by atoms with E-state index in [0.717, 1.165) is 11.1 Å². The predicted molar refractivity (Wildman–Crippen MR) is 122 cm³/mol. The van der Waals surface area contributed by atoms with Crippen LogP contribution in [-0.4, -0.2) is 36.3 Å². The molecule has 0 aliphatic carbocycles. The van der Waals surface area contributed by atoms with E-state index in [-0.39, 0.29) is 48.8 Å². The lowest BCUT2D eigenvalue weighted by Crippen LogP contribution is -2.13. The summed E-state index contributed by atoms with van der Waals surface area (Å²) in [5.41, 5.74) is 2.05. The Morgan fingerprint density at radius 1 is 0.562 bits per heavy atom. The van der Waals surface area contributed by atoms with Gasteiger partial charge in [0.25, 0.3) is 0 Å². The van der Waals surface area contributed by atoms with E-state index < -0.39 is 0 Å². The molecule has 170 valence electrons. The third-order valence-corrected chi connectivity index (χ3v) is 4.94. The Morgan fingerprint density at radius 2 is 0.906 bits per heavy atom. The lowest BCUT2D eigenvalue weighted by atomic mass is 10.1. The van der Waals surface area contributed by atoms with Crippen molar-refractivity contribution in [2.24, 2.45) is 0 Å². The number of carbonyl (C=O) groups is 4. The standard InChI is InChI=1S/C26H30O6/c1-3-23(27)25(29)7-5-17-31-21-13-9-19(10-14-21)20-11-15-22(16-12-20)32-18-6-8-26(30)24(28)4-2/h9-16H,3-8,17-18H2,1-2H3. The molecule has 2 aromatic rings. The Bertz CT molecular complexity index is 835. The van der Waals surface area contributed by atoms with Gasteiger partial charge in [-0.15, -0.1) is 0 Å². The molecule has 0 bridgehead atoms. The number of hydrogen-bond donors (Lipinski definition) is 0. The number of carbonyl (C=O) groups excluding carboxylic acids is 4. The van der Waals surface area contributed by atoms with Crippen LogP contribution in [0, 0.1) is 0 Å². The Hall–Kier alpha value is -3.28. The van der Waals surface area contributed by atoms with Crippen molar-refractivity contribution < 1.29 is 28.7 Å². The number of Topliss-reactive ketones (excluding diaryl/α,β-unsaturated/α-hetero) is 4. The maximum Gasteiger partial charge on any atom is 0.198 e. The van der Waals surface area contributed by atoms with Crippen LogP contribution in [-0.2, 0) is 19.2 Å². The molecule has 0 radical (unpaired) electrons. The van der Waals surface area contributed by atoms with Gasteiger partial charge in [-0.25, -0.2) is 0 Å². The molecule has 0 saturated heterocycles. The van der Waals surface area contributed by atoms with Gasteiger partial charge in [0.15, 0.2) is 23.1 Å². The van der Waals surface area contributed by atoms with Gasteiger partial charge in [0, 0.05) is 25.7 Å². The first kappa shape index (κ1) is 25.0. The molecule has 0 aliphatic heterocycles. The number of rotatable bonds is 15. The predicted octanol–water partition coefficient (Wildman–Crippen LogP) is 4.77. The van der Waals surface area contributed by atoms with Crippen LogP contribution in [0.15, 0.2) is 48.5 Å². The molecule has 2 rings (SSSR count). The Kier molecular flexibility index (Phi) is 10.3. The van der Waals surface area contributed by atoms with Crippen molar-refractivity contribution in [1.82, 2.24) is 0 Å². The summed E-state index contributed by atoms with van der Waals surface area (Å²) in [4.78, 5) is 45.6. The second kappa shape index (κ2) is 13.2. The fourth-order valence-electron chi connectivity index (χ4n) is 3.01. The summed E-state index contributed by atoms with van der Waals surface area (Å²) in [6.45, 7) is 4.13. The monoisotopic (exact) mass is 438 g/mol. The number of hydrogen-bond acceptors (Lipinski definition) is 6. The molecule has 6 nitrogen and oxygen atoms in total. The Balaban J connectivity index is 1.75. The first-order valence-corrected chi connectivity index (χ1v) is 11.0. The molecule has 0 unspecified atom stereocenters. The van der Waals surface area contributed by atoms with Gasteiger partial charge < -0.3 is 9.47 Å². The first-order chi connectivity index (χ1) is 15.4. The summed E-state index contributed by atoms with van der Waals surface area (Å²) in [5, 5.41) is 0. The Labute approximate surface area is 188 Å². The van der Waals surface area contributed by atoms with E-state index in [1.54, 1.807) is 13.8 Å². The van der Waals surface area contributed by atoms with Crippen molar-refractivity contribution in [2.75, 3.05) is 13.2 Å². The zero-order valence-corrected chi connectivity index (χ0v) is 18.7. The van der Waals surface area contributed by atoms with Crippen LogP contribution in [0.25, 0.3) is 11.1 Å². The topological polar surface area (TPSA) is 86.7 Å². The highest BCUT2D eigenvalue weighted by Gasteiger charge is 2.11. The molecule has 0 aromatic heterocycles. The maximum atomic E-state index is 11.5. The summed E-state index contributed by atoms with van der Waals surface area (Å²) in [7, 11) is 0. The van der Waals surface area contributed by atoms with Gasteiger partial charge in [-0.1, -0.05) is 38.1 Å². The molecule has 0 spiro atoms. The molecule has 0 heterocycles. The van der Waals surface area contributed by atoms with Crippen molar-refractivity contribution in [2.45, 2.75) is 52.4 Å². The third-order valence-electron chi connectivity index (χ3n) is 4.94. The SMILES string of the molecule is CCC(=O)C(=O)CCCOc1ccc(-c2ccc(OCCCC(=O)C(=O)CC)cc2)cc1. The van der Waals surface area contributed by atoms with Crippen LogP contribution < -0.4 is 9.47 Å². The second-order valence-electron chi connectivity index (χ2n) is 7.35. The number of benzene rings is 2. The summed E-state index contributed by atoms with van der Waals surface area (Å²) < 4.78 is 11.3. The van der Waals surface area contributed by atoms with E-state index >= 15 is 0 Å². The molecular formula is C26H30O6. The molecule has 32 heavy (non-hydrogen) atoms. The van der Waals surface area contributed by atoms with Gasteiger partial charge in [0.2, 0.25) is 0 Å². The highest BCUT2D eigenvalue weighted by molar-refractivity contribution is 6.37. The summed E-state index contributed by atoms with van der Waals surface area (Å²) in [5.74, 6) is 0.0877. The van der Waals surface area contributed by atoms with Crippen LogP contribution in [0.2, 0.25) is 0 Å². The first-order valence-electron chi connectivity index (χ1n) is 11.0. The van der Waals surface area contributed by atoms with Crippen molar-refractivity contribution in [3.63, 3.8) is 0 Å². The maximum absolute atomic E-state index is 11.5. The molecule has 0 atom stereocenters. The highest BCUT2D eigenvalue weighted by Crippen LogP contribution is 2.25. The average molecular weight is 439 g/mol. The minimum atomic E-state index is -0.334. The fourth-order valence-corrected chi connectivity index (χ4v) is 3.01. The van der Waals surface area contributed by atoms with E-state index in [4.69, 9.17) is 9.47 Å². The molecule has 0 amide bonds. The quantitative estimate of drug-likeness (QED) is 0.294. The van der Waals surface area contributed by atoms with Crippen molar-refractivity contribution >= 4 is 23.1 Å². The summed E-state index contributed by atoms with van der Waals surface area (Å²) in [6.07, 6.45) is 1.94. The second-order valence-corrected chi connectivity index (χ2v) is 7.35. The van der Waals surface area contributed by atoms with Crippen molar-refractivity contribution in [3.05, 3.63) is 48.5 Å². The van der Waals surface area contributed by atoms with Crippen LogP contribution in [0.1, 0.15) is 52.4 Å². The lowest BCUT2D eigenvalue weighted by Gasteiger charge is -2.09. The van der Waals surface area contributed by atoms with E-state index in [1.807, 2.05) is 48.5 Å². The molecule has 0 N–H and O–H groups in total. The van der Waals surface area contributed by atoms with E-state index in [1.165, 1.54) is 0 Å².